The Kier molecular flexibility index (Phi) is 5.21. The van der Waals surface area contributed by atoms with Gasteiger partial charge in [0.2, 0.25) is 0 Å². The summed E-state index contributed by atoms with van der Waals surface area (Å²) < 4.78 is 5.77. The van der Waals surface area contributed by atoms with Crippen molar-refractivity contribution in [2.75, 3.05) is 32.8 Å². The molecular weight excluding hydrogens is 382 g/mol. The van der Waals surface area contributed by atoms with E-state index in [1.807, 2.05) is 46.6 Å². The van der Waals surface area contributed by atoms with Gasteiger partial charge in [-0.3, -0.25) is 9.69 Å². The Labute approximate surface area is 174 Å². The van der Waals surface area contributed by atoms with Gasteiger partial charge in [-0.15, -0.1) is 11.3 Å². The highest BCUT2D eigenvalue weighted by Crippen LogP contribution is 2.28. The van der Waals surface area contributed by atoms with E-state index in [1.165, 1.54) is 33.8 Å². The van der Waals surface area contributed by atoms with Crippen LogP contribution < -0.4 is 4.74 Å². The number of benzene rings is 2. The van der Waals surface area contributed by atoms with E-state index in [2.05, 4.69) is 17.0 Å². The van der Waals surface area contributed by atoms with Crippen LogP contribution in [0.5, 0.6) is 5.75 Å². The van der Waals surface area contributed by atoms with E-state index in [-0.39, 0.29) is 12.5 Å². The van der Waals surface area contributed by atoms with Gasteiger partial charge in [0.05, 0.1) is 12.2 Å². The van der Waals surface area contributed by atoms with E-state index in [9.17, 15) is 4.79 Å². The molecule has 29 heavy (non-hydrogen) atoms. The van der Waals surface area contributed by atoms with Crippen LogP contribution in [0.4, 0.5) is 0 Å². The van der Waals surface area contributed by atoms with Crippen LogP contribution in [-0.2, 0) is 24.2 Å². The molecule has 0 atom stereocenters. The maximum Gasteiger partial charge on any atom is 0.260 e. The summed E-state index contributed by atoms with van der Waals surface area (Å²) in [7, 11) is 0. The van der Waals surface area contributed by atoms with Gasteiger partial charge in [0.25, 0.3) is 5.91 Å². The second kappa shape index (κ2) is 8.13. The molecule has 1 aliphatic carbocycles. The molecule has 0 bridgehead atoms. The number of piperazine rings is 1. The number of hydrogen-bond acceptors (Lipinski definition) is 5. The lowest BCUT2D eigenvalue weighted by molar-refractivity contribution is -0.135. The minimum Gasteiger partial charge on any atom is -0.484 e. The predicted octanol–water partition coefficient (Wildman–Crippen LogP) is 3.51. The number of carbonyl (C=O) groups is 1. The lowest BCUT2D eigenvalue weighted by Crippen LogP contribution is -2.49. The van der Waals surface area contributed by atoms with Crippen LogP contribution in [0.2, 0.25) is 0 Å². The van der Waals surface area contributed by atoms with E-state index in [4.69, 9.17) is 9.72 Å². The van der Waals surface area contributed by atoms with Crippen LogP contribution in [0.15, 0.2) is 42.5 Å². The Morgan fingerprint density at radius 3 is 2.69 bits per heavy atom. The molecule has 0 N–H and O–H groups in total. The Morgan fingerprint density at radius 1 is 1.03 bits per heavy atom. The summed E-state index contributed by atoms with van der Waals surface area (Å²) in [5.41, 5.74) is 1.32. The number of hydrogen-bond donors (Lipinski definition) is 0. The van der Waals surface area contributed by atoms with Crippen LogP contribution in [0.1, 0.15) is 22.0 Å². The lowest BCUT2D eigenvalue weighted by Gasteiger charge is -2.34. The van der Waals surface area contributed by atoms with Gasteiger partial charge in [-0.05, 0) is 42.2 Å². The molecule has 1 aromatic heterocycles. The van der Waals surface area contributed by atoms with Gasteiger partial charge >= 0.3 is 0 Å². The molecule has 1 fully saturated rings. The molecule has 5 nitrogen and oxygen atoms in total. The number of nitrogens with zero attached hydrogens (tertiary/aromatic N) is 3. The number of rotatable bonds is 5. The zero-order chi connectivity index (χ0) is 19.6. The second-order valence-corrected chi connectivity index (χ2v) is 8.95. The third-order valence-electron chi connectivity index (χ3n) is 5.81. The second-order valence-electron chi connectivity index (χ2n) is 7.79. The Morgan fingerprint density at radius 2 is 1.86 bits per heavy atom. The van der Waals surface area contributed by atoms with Gasteiger partial charge in [0, 0.05) is 31.1 Å². The average molecular weight is 408 g/mol. The highest BCUT2D eigenvalue weighted by molar-refractivity contribution is 7.11. The predicted molar refractivity (Wildman–Crippen MR) is 115 cm³/mol. The quantitative estimate of drug-likeness (QED) is 0.649. The first-order chi connectivity index (χ1) is 14.2. The van der Waals surface area contributed by atoms with Crippen LogP contribution in [-0.4, -0.2) is 53.5 Å². The zero-order valence-electron chi connectivity index (χ0n) is 16.5. The highest BCUT2D eigenvalue weighted by atomic mass is 32.1. The van der Waals surface area contributed by atoms with Crippen molar-refractivity contribution in [2.45, 2.75) is 25.8 Å². The first-order valence-electron chi connectivity index (χ1n) is 10.3. The summed E-state index contributed by atoms with van der Waals surface area (Å²) in [6.07, 6.45) is 3.61. The first-order valence-corrected chi connectivity index (χ1v) is 11.2. The molecule has 0 radical (unpaired) electrons. The Bertz CT molecular complexity index is 1000. The van der Waals surface area contributed by atoms with Gasteiger partial charge in [-0.25, -0.2) is 4.98 Å². The third kappa shape index (κ3) is 4.14. The Hall–Kier alpha value is -2.44. The van der Waals surface area contributed by atoms with Crippen LogP contribution in [0.25, 0.3) is 10.8 Å². The van der Waals surface area contributed by atoms with Crippen molar-refractivity contribution in [3.8, 4) is 5.75 Å². The SMILES string of the molecule is O=C(COc1ccc2ccccc2c1)N1CCN(Cc2nc3c(s2)CCC3)CC1. The molecule has 0 unspecified atom stereocenters. The van der Waals surface area contributed by atoms with Gasteiger partial charge in [0.1, 0.15) is 10.8 Å². The lowest BCUT2D eigenvalue weighted by atomic mass is 10.1. The molecule has 2 heterocycles. The van der Waals surface area contributed by atoms with Gasteiger partial charge in [0.15, 0.2) is 6.61 Å². The van der Waals surface area contributed by atoms with Crippen molar-refractivity contribution >= 4 is 28.0 Å². The normalized spacial score (nSPS) is 16.9. The third-order valence-corrected chi connectivity index (χ3v) is 6.95. The zero-order valence-corrected chi connectivity index (χ0v) is 17.3. The highest BCUT2D eigenvalue weighted by Gasteiger charge is 2.23. The minimum atomic E-state index is 0.0611. The minimum absolute atomic E-state index is 0.0611. The summed E-state index contributed by atoms with van der Waals surface area (Å²) in [6, 6.07) is 14.1. The summed E-state index contributed by atoms with van der Waals surface area (Å²) in [5, 5.41) is 3.53. The number of carbonyl (C=O) groups excluding carboxylic acids is 1. The topological polar surface area (TPSA) is 45.7 Å². The molecule has 0 spiro atoms. The van der Waals surface area contributed by atoms with Crippen LogP contribution in [0.3, 0.4) is 0 Å². The summed E-state index contributed by atoms with van der Waals surface area (Å²) in [5.74, 6) is 0.804. The van der Waals surface area contributed by atoms with E-state index < -0.39 is 0 Å². The number of ether oxygens (including phenoxy) is 1. The number of aromatic nitrogens is 1. The van der Waals surface area contributed by atoms with Crippen molar-refractivity contribution < 1.29 is 9.53 Å². The molecule has 1 saturated heterocycles. The first kappa shape index (κ1) is 18.6. The van der Waals surface area contributed by atoms with E-state index in [0.717, 1.165) is 50.3 Å². The smallest absolute Gasteiger partial charge is 0.260 e. The fourth-order valence-corrected chi connectivity index (χ4v) is 5.35. The number of fused-ring (bicyclic) bond motifs is 2. The van der Waals surface area contributed by atoms with E-state index >= 15 is 0 Å². The largest absolute Gasteiger partial charge is 0.484 e. The molecular formula is C23H25N3O2S. The number of thiazole rings is 1. The average Bonchev–Trinajstić information content (AvgIpc) is 3.34. The molecule has 6 heteroatoms. The number of aryl methyl sites for hydroxylation is 2. The maximum absolute atomic E-state index is 12.6. The van der Waals surface area contributed by atoms with Crippen molar-refractivity contribution in [3.05, 3.63) is 58.0 Å². The molecule has 2 aliphatic rings. The summed E-state index contributed by atoms with van der Waals surface area (Å²) in [6.45, 7) is 4.30. The molecule has 1 amide bonds. The van der Waals surface area contributed by atoms with Gasteiger partial charge in [-0.1, -0.05) is 30.3 Å². The summed E-state index contributed by atoms with van der Waals surface area (Å²) in [4.78, 5) is 23.2. The van der Waals surface area contributed by atoms with Crippen LogP contribution >= 0.6 is 11.3 Å². The fourth-order valence-electron chi connectivity index (χ4n) is 4.15. The molecule has 0 saturated carbocycles. The molecule has 3 aromatic rings. The van der Waals surface area contributed by atoms with Gasteiger partial charge in [-0.2, -0.15) is 0 Å². The molecule has 150 valence electrons. The Balaban J connectivity index is 1.10. The standard InChI is InChI=1S/C23H25N3O2S/c27-23(16-28-19-9-8-17-4-1-2-5-18(17)14-19)26-12-10-25(11-13-26)15-22-24-20-6-3-7-21(20)29-22/h1-2,4-5,8-9,14H,3,6-7,10-13,15-16H2. The summed E-state index contributed by atoms with van der Waals surface area (Å²) >= 11 is 1.88. The monoisotopic (exact) mass is 407 g/mol. The van der Waals surface area contributed by atoms with E-state index in [1.54, 1.807) is 0 Å². The van der Waals surface area contributed by atoms with Crippen molar-refractivity contribution in [1.82, 2.24) is 14.8 Å². The van der Waals surface area contributed by atoms with Crippen molar-refractivity contribution in [2.24, 2.45) is 0 Å². The maximum atomic E-state index is 12.6. The molecule has 5 rings (SSSR count). The van der Waals surface area contributed by atoms with E-state index in [0.29, 0.717) is 0 Å². The van der Waals surface area contributed by atoms with Gasteiger partial charge < -0.3 is 9.64 Å². The molecule has 1 aliphatic heterocycles. The molecule has 2 aromatic carbocycles. The fraction of sp³-hybridized carbons (Fsp3) is 0.391. The van der Waals surface area contributed by atoms with Crippen molar-refractivity contribution in [1.29, 1.82) is 0 Å². The number of amides is 1. The van der Waals surface area contributed by atoms with Crippen LogP contribution in [0, 0.1) is 0 Å². The van der Waals surface area contributed by atoms with Crippen molar-refractivity contribution in [3.63, 3.8) is 0 Å².